The summed E-state index contributed by atoms with van der Waals surface area (Å²) in [4.78, 5) is 1.36. The molecule has 0 amide bonds. The van der Waals surface area contributed by atoms with Crippen LogP contribution in [0.5, 0.6) is 0 Å². The molecular weight excluding hydrogens is 190 g/mol. The van der Waals surface area contributed by atoms with E-state index >= 15 is 0 Å². The van der Waals surface area contributed by atoms with Crippen molar-refractivity contribution in [3.63, 3.8) is 0 Å². The standard InChI is InChI=1S/C12H17NS/c1-5-10(4)13-12(9(2)3)11-7-6-8-14-11/h1,6-10,12-13H,2-4H3. The minimum atomic E-state index is 0.129. The lowest BCUT2D eigenvalue weighted by Crippen LogP contribution is -2.31. The van der Waals surface area contributed by atoms with Gasteiger partial charge < -0.3 is 0 Å². The molecule has 0 saturated heterocycles. The van der Waals surface area contributed by atoms with Gasteiger partial charge in [0.1, 0.15) is 0 Å². The van der Waals surface area contributed by atoms with E-state index in [2.05, 4.69) is 42.6 Å². The largest absolute Gasteiger partial charge is 0.296 e. The molecule has 76 valence electrons. The van der Waals surface area contributed by atoms with Crippen LogP contribution in [0.25, 0.3) is 0 Å². The lowest BCUT2D eigenvalue weighted by Gasteiger charge is -2.23. The Morgan fingerprint density at radius 3 is 2.57 bits per heavy atom. The zero-order valence-electron chi connectivity index (χ0n) is 8.95. The third kappa shape index (κ3) is 2.87. The molecule has 0 saturated carbocycles. The molecule has 0 fully saturated rings. The highest BCUT2D eigenvalue weighted by atomic mass is 32.1. The number of hydrogen-bond donors (Lipinski definition) is 1. The van der Waals surface area contributed by atoms with Crippen LogP contribution in [0.4, 0.5) is 0 Å². The summed E-state index contributed by atoms with van der Waals surface area (Å²) >= 11 is 1.78. The Morgan fingerprint density at radius 1 is 1.43 bits per heavy atom. The van der Waals surface area contributed by atoms with Crippen molar-refractivity contribution in [3.05, 3.63) is 22.4 Å². The Balaban J connectivity index is 2.72. The summed E-state index contributed by atoms with van der Waals surface area (Å²) in [5, 5.41) is 5.55. The molecule has 2 unspecified atom stereocenters. The van der Waals surface area contributed by atoms with Crippen LogP contribution in [0, 0.1) is 18.3 Å². The van der Waals surface area contributed by atoms with E-state index in [4.69, 9.17) is 6.42 Å². The lowest BCUT2D eigenvalue weighted by molar-refractivity contribution is 0.404. The monoisotopic (exact) mass is 207 g/mol. The maximum absolute atomic E-state index is 5.36. The van der Waals surface area contributed by atoms with E-state index in [1.807, 2.05) is 6.92 Å². The smallest absolute Gasteiger partial charge is 0.0663 e. The molecule has 1 aromatic heterocycles. The first-order chi connectivity index (χ1) is 6.65. The summed E-state index contributed by atoms with van der Waals surface area (Å²) in [6.07, 6.45) is 5.36. The van der Waals surface area contributed by atoms with Gasteiger partial charge >= 0.3 is 0 Å². The normalized spacial score (nSPS) is 15.1. The van der Waals surface area contributed by atoms with Gasteiger partial charge in [0, 0.05) is 10.9 Å². The van der Waals surface area contributed by atoms with Crippen molar-refractivity contribution in [2.45, 2.75) is 32.9 Å². The summed E-state index contributed by atoms with van der Waals surface area (Å²) < 4.78 is 0. The summed E-state index contributed by atoms with van der Waals surface area (Å²) in [5.74, 6) is 3.27. The molecule has 2 atom stereocenters. The van der Waals surface area contributed by atoms with Crippen LogP contribution >= 0.6 is 11.3 Å². The van der Waals surface area contributed by atoms with Crippen LogP contribution < -0.4 is 5.32 Å². The molecule has 0 aliphatic carbocycles. The first-order valence-corrected chi connectivity index (χ1v) is 5.78. The van der Waals surface area contributed by atoms with E-state index in [0.29, 0.717) is 12.0 Å². The van der Waals surface area contributed by atoms with Crippen molar-refractivity contribution in [1.29, 1.82) is 0 Å². The van der Waals surface area contributed by atoms with Crippen LogP contribution in [0.15, 0.2) is 17.5 Å². The molecule has 0 radical (unpaired) electrons. The Hall–Kier alpha value is -0.780. The molecule has 2 heteroatoms. The molecule has 1 N–H and O–H groups in total. The Bertz CT molecular complexity index is 295. The van der Waals surface area contributed by atoms with Crippen LogP contribution in [0.2, 0.25) is 0 Å². The van der Waals surface area contributed by atoms with Gasteiger partial charge in [-0.3, -0.25) is 5.32 Å². The van der Waals surface area contributed by atoms with Crippen molar-refractivity contribution >= 4 is 11.3 Å². The average Bonchev–Trinajstić information content (AvgIpc) is 2.65. The van der Waals surface area contributed by atoms with Crippen LogP contribution in [0.1, 0.15) is 31.7 Å². The number of thiophene rings is 1. The Kier molecular flexibility index (Phi) is 4.19. The van der Waals surface area contributed by atoms with Crippen molar-refractivity contribution in [3.8, 4) is 12.3 Å². The molecule has 1 heterocycles. The first-order valence-electron chi connectivity index (χ1n) is 4.90. The quantitative estimate of drug-likeness (QED) is 0.748. The minimum absolute atomic E-state index is 0.129. The third-order valence-corrected chi connectivity index (χ3v) is 3.15. The molecular formula is C12H17NS. The van der Waals surface area contributed by atoms with Gasteiger partial charge in [0.25, 0.3) is 0 Å². The van der Waals surface area contributed by atoms with E-state index in [0.717, 1.165) is 0 Å². The molecule has 1 rings (SSSR count). The predicted molar refractivity (Wildman–Crippen MR) is 63.3 cm³/mol. The van der Waals surface area contributed by atoms with Gasteiger partial charge in [-0.15, -0.1) is 17.8 Å². The summed E-state index contributed by atoms with van der Waals surface area (Å²) in [6, 6.07) is 4.74. The zero-order chi connectivity index (χ0) is 10.6. The van der Waals surface area contributed by atoms with Crippen molar-refractivity contribution in [2.24, 2.45) is 5.92 Å². The van der Waals surface area contributed by atoms with Gasteiger partial charge in [-0.2, -0.15) is 0 Å². The lowest BCUT2D eigenvalue weighted by atomic mass is 10.0. The summed E-state index contributed by atoms with van der Waals surface area (Å²) in [5.41, 5.74) is 0. The van der Waals surface area contributed by atoms with E-state index in [9.17, 15) is 0 Å². The molecule has 0 aliphatic rings. The second-order valence-electron chi connectivity index (χ2n) is 3.79. The van der Waals surface area contributed by atoms with Gasteiger partial charge in [0.05, 0.1) is 6.04 Å². The van der Waals surface area contributed by atoms with Crippen molar-refractivity contribution in [2.75, 3.05) is 0 Å². The maximum atomic E-state index is 5.36. The van der Waals surface area contributed by atoms with Crippen LogP contribution in [-0.4, -0.2) is 6.04 Å². The number of terminal acetylenes is 1. The molecule has 1 nitrogen and oxygen atoms in total. The molecule has 1 aromatic rings. The van der Waals surface area contributed by atoms with Crippen molar-refractivity contribution < 1.29 is 0 Å². The van der Waals surface area contributed by atoms with Gasteiger partial charge in [0.2, 0.25) is 0 Å². The Morgan fingerprint density at radius 2 is 2.14 bits per heavy atom. The second kappa shape index (κ2) is 5.19. The van der Waals surface area contributed by atoms with Crippen LogP contribution in [0.3, 0.4) is 0 Å². The fourth-order valence-corrected chi connectivity index (χ4v) is 2.35. The van der Waals surface area contributed by atoms with Crippen LogP contribution in [-0.2, 0) is 0 Å². The van der Waals surface area contributed by atoms with Gasteiger partial charge in [-0.1, -0.05) is 25.8 Å². The highest BCUT2D eigenvalue weighted by Gasteiger charge is 2.17. The van der Waals surface area contributed by atoms with E-state index in [1.54, 1.807) is 11.3 Å². The number of rotatable bonds is 4. The average molecular weight is 207 g/mol. The SMILES string of the molecule is C#CC(C)NC(c1cccs1)C(C)C. The van der Waals surface area contributed by atoms with Gasteiger partial charge in [-0.25, -0.2) is 0 Å². The van der Waals surface area contributed by atoms with E-state index < -0.39 is 0 Å². The molecule has 0 spiro atoms. The first kappa shape index (κ1) is 11.3. The van der Waals surface area contributed by atoms with E-state index in [1.165, 1.54) is 4.88 Å². The summed E-state index contributed by atoms with van der Waals surface area (Å²) in [7, 11) is 0. The molecule has 14 heavy (non-hydrogen) atoms. The topological polar surface area (TPSA) is 12.0 Å². The molecule has 0 aliphatic heterocycles. The van der Waals surface area contributed by atoms with Gasteiger partial charge in [-0.05, 0) is 24.3 Å². The maximum Gasteiger partial charge on any atom is 0.0663 e. The predicted octanol–water partition coefficient (Wildman–Crippen LogP) is 3.06. The highest BCUT2D eigenvalue weighted by Crippen LogP contribution is 2.25. The number of nitrogens with one attached hydrogen (secondary N) is 1. The third-order valence-electron chi connectivity index (χ3n) is 2.20. The molecule has 0 aromatic carbocycles. The fourth-order valence-electron chi connectivity index (χ4n) is 1.39. The minimum Gasteiger partial charge on any atom is -0.296 e. The van der Waals surface area contributed by atoms with Gasteiger partial charge in [0.15, 0.2) is 0 Å². The Labute approximate surface area is 90.5 Å². The summed E-state index contributed by atoms with van der Waals surface area (Å²) in [6.45, 7) is 6.43. The zero-order valence-corrected chi connectivity index (χ0v) is 9.77. The second-order valence-corrected chi connectivity index (χ2v) is 4.77. The fraction of sp³-hybridized carbons (Fsp3) is 0.500. The van der Waals surface area contributed by atoms with E-state index in [-0.39, 0.29) is 6.04 Å². The number of hydrogen-bond acceptors (Lipinski definition) is 2. The van der Waals surface area contributed by atoms with Crippen molar-refractivity contribution in [1.82, 2.24) is 5.32 Å². The highest BCUT2D eigenvalue weighted by molar-refractivity contribution is 7.10. The molecule has 0 bridgehead atoms.